The third-order valence-corrected chi connectivity index (χ3v) is 6.56. The molecule has 1 aliphatic heterocycles. The number of amides is 1. The van der Waals surface area contributed by atoms with Crippen LogP contribution in [0.25, 0.3) is 17.1 Å². The van der Waals surface area contributed by atoms with Crippen molar-refractivity contribution in [2.45, 2.75) is 0 Å². The normalized spacial score (nSPS) is 14.2. The SMILES string of the molecule is CN(CCN1CCN(c2ccc(C(=O)NCCN)cc2F)CC1)c1nc(N)n2nc(-c3ccco3)cc2n1. The molecule has 0 atom stereocenters. The smallest absolute Gasteiger partial charge is 0.251 e. The summed E-state index contributed by atoms with van der Waals surface area (Å²) in [6.07, 6.45) is 1.59. The number of aromatic nitrogens is 4. The first-order chi connectivity index (χ1) is 18.4. The fraction of sp³-hybridized carbons (Fsp3) is 0.360. The van der Waals surface area contributed by atoms with Gasteiger partial charge in [0.05, 0.1) is 12.0 Å². The molecule has 0 radical (unpaired) electrons. The molecule has 0 unspecified atom stereocenters. The quantitative estimate of drug-likeness (QED) is 0.291. The number of nitrogens with two attached hydrogens (primary N) is 2. The summed E-state index contributed by atoms with van der Waals surface area (Å²) >= 11 is 0. The molecule has 1 fully saturated rings. The van der Waals surface area contributed by atoms with Crippen molar-refractivity contribution < 1.29 is 13.6 Å². The highest BCUT2D eigenvalue weighted by Crippen LogP contribution is 2.23. The Morgan fingerprint density at radius 3 is 2.71 bits per heavy atom. The van der Waals surface area contributed by atoms with Gasteiger partial charge in [-0.2, -0.15) is 19.6 Å². The molecule has 0 spiro atoms. The molecule has 3 aromatic heterocycles. The highest BCUT2D eigenvalue weighted by molar-refractivity contribution is 5.94. The van der Waals surface area contributed by atoms with E-state index < -0.39 is 5.82 Å². The molecular formula is C25H31FN10O2. The lowest BCUT2D eigenvalue weighted by molar-refractivity contribution is 0.0954. The lowest BCUT2D eigenvalue weighted by Gasteiger charge is -2.36. The third kappa shape index (κ3) is 5.38. The Bertz CT molecular complexity index is 1400. The number of likely N-dealkylation sites (N-methyl/N-ethyl adjacent to an activating group) is 1. The van der Waals surface area contributed by atoms with Crippen LogP contribution in [0.4, 0.5) is 22.0 Å². The molecule has 5 rings (SSSR count). The molecule has 0 saturated carbocycles. The number of fused-ring (bicyclic) bond motifs is 1. The zero-order chi connectivity index (χ0) is 26.6. The molecule has 12 nitrogen and oxygen atoms in total. The molecule has 4 heterocycles. The molecule has 13 heteroatoms. The van der Waals surface area contributed by atoms with Gasteiger partial charge in [-0.05, 0) is 30.3 Å². The van der Waals surface area contributed by atoms with Crippen molar-refractivity contribution >= 4 is 29.1 Å². The van der Waals surface area contributed by atoms with Crippen LogP contribution in [-0.2, 0) is 0 Å². The van der Waals surface area contributed by atoms with E-state index in [1.165, 1.54) is 10.6 Å². The molecular weight excluding hydrogens is 491 g/mol. The molecule has 1 saturated heterocycles. The Kier molecular flexibility index (Phi) is 7.38. The maximum atomic E-state index is 14.8. The fourth-order valence-electron chi connectivity index (χ4n) is 4.41. The van der Waals surface area contributed by atoms with Crippen molar-refractivity contribution in [3.63, 3.8) is 0 Å². The van der Waals surface area contributed by atoms with Gasteiger partial charge in [0.2, 0.25) is 11.9 Å². The zero-order valence-corrected chi connectivity index (χ0v) is 21.2. The highest BCUT2D eigenvalue weighted by Gasteiger charge is 2.21. The van der Waals surface area contributed by atoms with E-state index in [2.05, 4.69) is 25.3 Å². The van der Waals surface area contributed by atoms with Gasteiger partial charge in [-0.3, -0.25) is 9.69 Å². The van der Waals surface area contributed by atoms with E-state index >= 15 is 0 Å². The minimum Gasteiger partial charge on any atom is -0.463 e. The Morgan fingerprint density at radius 1 is 1.18 bits per heavy atom. The number of benzene rings is 1. The molecule has 38 heavy (non-hydrogen) atoms. The predicted molar refractivity (Wildman–Crippen MR) is 143 cm³/mol. The highest BCUT2D eigenvalue weighted by atomic mass is 19.1. The summed E-state index contributed by atoms with van der Waals surface area (Å²) in [5.74, 6) is 0.655. The Balaban J connectivity index is 1.15. The van der Waals surface area contributed by atoms with Crippen molar-refractivity contribution in [2.24, 2.45) is 5.73 Å². The van der Waals surface area contributed by atoms with Crippen LogP contribution in [-0.4, -0.2) is 89.8 Å². The summed E-state index contributed by atoms with van der Waals surface area (Å²) in [5, 5.41) is 7.08. The number of nitrogens with zero attached hydrogens (tertiary/aromatic N) is 7. The van der Waals surface area contributed by atoms with Gasteiger partial charge in [-0.15, -0.1) is 0 Å². The molecule has 1 aromatic carbocycles. The number of nitrogens with one attached hydrogen (secondary N) is 1. The summed E-state index contributed by atoms with van der Waals surface area (Å²) in [7, 11) is 1.92. The topological polar surface area (TPSA) is 147 Å². The number of furan rings is 1. The molecule has 1 aliphatic rings. The lowest BCUT2D eigenvalue weighted by Crippen LogP contribution is -2.48. The number of anilines is 3. The van der Waals surface area contributed by atoms with Gasteiger partial charge in [-0.25, -0.2) is 4.39 Å². The van der Waals surface area contributed by atoms with Crippen molar-refractivity contribution in [1.82, 2.24) is 29.8 Å². The second-order valence-electron chi connectivity index (χ2n) is 9.12. The van der Waals surface area contributed by atoms with Gasteiger partial charge in [0.25, 0.3) is 5.91 Å². The first-order valence-corrected chi connectivity index (χ1v) is 12.5. The van der Waals surface area contributed by atoms with Gasteiger partial charge in [0, 0.05) is 71.0 Å². The van der Waals surface area contributed by atoms with E-state index in [-0.39, 0.29) is 17.4 Å². The average molecular weight is 523 g/mol. The van der Waals surface area contributed by atoms with Crippen LogP contribution in [0, 0.1) is 5.82 Å². The standard InChI is InChI=1S/C25H31FN10O2/c1-33(25-30-22-16-19(21-3-2-14-38-21)32-36(22)24(28)31-25)8-9-34-10-12-35(13-11-34)20-5-4-17(15-18(20)26)23(37)29-7-6-27/h2-5,14-16H,6-13,27H2,1H3,(H,29,37)(H2,28,30,31). The zero-order valence-electron chi connectivity index (χ0n) is 21.2. The van der Waals surface area contributed by atoms with Crippen molar-refractivity contribution in [3.05, 3.63) is 54.0 Å². The number of halogens is 1. The van der Waals surface area contributed by atoms with Crippen LogP contribution in [0.15, 0.2) is 47.1 Å². The molecule has 1 amide bonds. The van der Waals surface area contributed by atoms with E-state index in [1.807, 2.05) is 29.0 Å². The molecule has 200 valence electrons. The van der Waals surface area contributed by atoms with E-state index in [9.17, 15) is 9.18 Å². The monoisotopic (exact) mass is 522 g/mol. The number of carbonyl (C=O) groups excluding carboxylic acids is 1. The maximum absolute atomic E-state index is 14.8. The minimum absolute atomic E-state index is 0.244. The average Bonchev–Trinajstić information content (AvgIpc) is 3.61. The van der Waals surface area contributed by atoms with E-state index in [1.54, 1.807) is 24.5 Å². The van der Waals surface area contributed by atoms with Crippen molar-refractivity contribution in [2.75, 3.05) is 74.9 Å². The van der Waals surface area contributed by atoms with Gasteiger partial charge in [-0.1, -0.05) is 0 Å². The number of carbonyl (C=O) groups is 1. The van der Waals surface area contributed by atoms with Crippen LogP contribution >= 0.6 is 0 Å². The summed E-state index contributed by atoms with van der Waals surface area (Å²) in [4.78, 5) is 27.4. The summed E-state index contributed by atoms with van der Waals surface area (Å²) < 4.78 is 21.7. The van der Waals surface area contributed by atoms with Gasteiger partial charge in [0.1, 0.15) is 11.5 Å². The summed E-state index contributed by atoms with van der Waals surface area (Å²) in [5.41, 5.74) is 13.6. The largest absolute Gasteiger partial charge is 0.463 e. The van der Waals surface area contributed by atoms with Crippen molar-refractivity contribution in [3.8, 4) is 11.5 Å². The fourth-order valence-corrected chi connectivity index (χ4v) is 4.41. The van der Waals surface area contributed by atoms with E-state index in [0.717, 1.165) is 19.6 Å². The number of rotatable bonds is 9. The van der Waals surface area contributed by atoms with Crippen LogP contribution in [0.1, 0.15) is 10.4 Å². The first kappa shape index (κ1) is 25.4. The Morgan fingerprint density at radius 2 is 2.00 bits per heavy atom. The van der Waals surface area contributed by atoms with E-state index in [0.29, 0.717) is 61.5 Å². The summed E-state index contributed by atoms with van der Waals surface area (Å²) in [6.45, 7) is 5.09. The van der Waals surface area contributed by atoms with Crippen LogP contribution in [0.3, 0.4) is 0 Å². The molecule has 0 aliphatic carbocycles. The van der Waals surface area contributed by atoms with Gasteiger partial charge in [0.15, 0.2) is 11.4 Å². The number of piperazine rings is 1. The summed E-state index contributed by atoms with van der Waals surface area (Å²) in [6, 6.07) is 10.0. The molecule has 5 N–H and O–H groups in total. The Labute approximate surface area is 219 Å². The van der Waals surface area contributed by atoms with Crippen LogP contribution < -0.4 is 26.6 Å². The Hall–Kier alpha value is -4.23. The lowest BCUT2D eigenvalue weighted by atomic mass is 10.1. The molecule has 4 aromatic rings. The third-order valence-electron chi connectivity index (χ3n) is 6.56. The van der Waals surface area contributed by atoms with Gasteiger partial charge < -0.3 is 31.0 Å². The maximum Gasteiger partial charge on any atom is 0.251 e. The number of hydrogen-bond acceptors (Lipinski definition) is 10. The second kappa shape index (κ2) is 11.0. The van der Waals surface area contributed by atoms with Crippen LogP contribution in [0.5, 0.6) is 0 Å². The van der Waals surface area contributed by atoms with E-state index in [4.69, 9.17) is 15.9 Å². The number of hydrogen-bond donors (Lipinski definition) is 3. The first-order valence-electron chi connectivity index (χ1n) is 12.5. The van der Waals surface area contributed by atoms with Crippen LogP contribution in [0.2, 0.25) is 0 Å². The van der Waals surface area contributed by atoms with Crippen molar-refractivity contribution in [1.29, 1.82) is 0 Å². The second-order valence-corrected chi connectivity index (χ2v) is 9.12. The molecule has 0 bridgehead atoms. The predicted octanol–water partition coefficient (Wildman–Crippen LogP) is 1.05. The number of nitrogen functional groups attached to an aromatic ring is 1. The van der Waals surface area contributed by atoms with Gasteiger partial charge >= 0.3 is 0 Å². The minimum atomic E-state index is -0.404.